The van der Waals surface area contributed by atoms with Crippen molar-refractivity contribution >= 4 is 76.1 Å². The van der Waals surface area contributed by atoms with Crippen LogP contribution in [0.25, 0.3) is 0 Å². The Labute approximate surface area is 330 Å². The van der Waals surface area contributed by atoms with Crippen molar-refractivity contribution in [1.29, 1.82) is 0 Å². The normalized spacial score (nSPS) is 12.7. The van der Waals surface area contributed by atoms with Gasteiger partial charge in [-0.25, -0.2) is 19.7 Å². The van der Waals surface area contributed by atoms with E-state index in [1.807, 2.05) is 0 Å². The van der Waals surface area contributed by atoms with Gasteiger partial charge in [-0.15, -0.1) is 0 Å². The highest BCUT2D eigenvalue weighted by molar-refractivity contribution is 6.04. The van der Waals surface area contributed by atoms with E-state index in [1.165, 1.54) is 34.8 Å². The number of carbonyl (C=O) groups excluding carboxylic acids is 6. The lowest BCUT2D eigenvalue weighted by molar-refractivity contribution is -0.121. The Bertz CT molecular complexity index is 2440. The third-order valence-electron chi connectivity index (χ3n) is 9.37. The van der Waals surface area contributed by atoms with Crippen LogP contribution in [0.2, 0.25) is 0 Å². The van der Waals surface area contributed by atoms with Gasteiger partial charge >= 0.3 is 5.97 Å². The molecule has 0 bridgehead atoms. The maximum atomic E-state index is 13.2. The number of nitrogens with one attached hydrogen (secondary N) is 6. The summed E-state index contributed by atoms with van der Waals surface area (Å²) in [6.07, 6.45) is 10.4. The van der Waals surface area contributed by atoms with Crippen LogP contribution in [-0.4, -0.2) is 84.3 Å². The first-order valence-electron chi connectivity index (χ1n) is 17.9. The number of imidazole rings is 3. The number of hydrogen-bond acceptors (Lipinski definition) is 10. The zero-order valence-corrected chi connectivity index (χ0v) is 32.2. The van der Waals surface area contributed by atoms with Crippen LogP contribution in [0.1, 0.15) is 70.4 Å². The number of carboxylic acids is 1. The fraction of sp³-hybridized carbons (Fsp3) is 0.333. The van der Waals surface area contributed by atoms with Crippen LogP contribution in [0.4, 0.5) is 34.6 Å². The minimum absolute atomic E-state index is 0.0177. The van der Waals surface area contributed by atoms with E-state index in [2.05, 4.69) is 46.9 Å². The molecule has 1 saturated carbocycles. The number of amides is 6. The third-order valence-corrected chi connectivity index (χ3v) is 9.37. The second-order valence-corrected chi connectivity index (χ2v) is 14.2. The Morgan fingerprint density at radius 1 is 0.586 bits per heavy atom. The smallest absolute Gasteiger partial charge is 0.372 e. The Balaban J connectivity index is 0.946. The van der Waals surface area contributed by atoms with Gasteiger partial charge in [-0.05, 0) is 18.3 Å². The number of aromatic nitrogens is 8. The first-order chi connectivity index (χ1) is 27.5. The molecule has 0 radical (unpaired) electrons. The van der Waals surface area contributed by atoms with Crippen LogP contribution in [-0.2, 0) is 54.4 Å². The third kappa shape index (κ3) is 9.64. The van der Waals surface area contributed by atoms with E-state index < -0.39 is 35.0 Å². The molecule has 7 N–H and O–H groups in total. The lowest BCUT2D eigenvalue weighted by atomic mass is 9.97. The zero-order valence-electron chi connectivity index (χ0n) is 32.2. The maximum absolute atomic E-state index is 13.2. The van der Waals surface area contributed by atoms with Gasteiger partial charge in [-0.2, -0.15) is 0 Å². The Hall–Kier alpha value is -7.52. The zero-order chi connectivity index (χ0) is 41.9. The molecule has 0 aromatic carbocycles. The van der Waals surface area contributed by atoms with Crippen molar-refractivity contribution in [1.82, 2.24) is 37.8 Å². The number of carboxylic acid groups (broad SMARTS) is 1. The van der Waals surface area contributed by atoms with Gasteiger partial charge in [0.05, 0.1) is 11.4 Å². The number of aromatic carboxylic acids is 1. The molecule has 0 aliphatic heterocycles. The lowest BCUT2D eigenvalue weighted by Gasteiger charge is -2.14. The van der Waals surface area contributed by atoms with E-state index in [0.29, 0.717) is 35.9 Å². The average Bonchev–Trinajstić information content (AvgIpc) is 3.60. The fourth-order valence-corrected chi connectivity index (χ4v) is 6.22. The highest BCUT2D eigenvalue weighted by atomic mass is 16.4. The van der Waals surface area contributed by atoms with Crippen LogP contribution in [0.5, 0.6) is 0 Å². The van der Waals surface area contributed by atoms with Crippen molar-refractivity contribution in [3.05, 3.63) is 66.8 Å². The van der Waals surface area contributed by atoms with Crippen molar-refractivity contribution < 1.29 is 38.7 Å². The molecule has 1 aliphatic carbocycles. The van der Waals surface area contributed by atoms with Crippen molar-refractivity contribution in [2.45, 2.75) is 38.5 Å². The second kappa shape index (κ2) is 16.3. The van der Waals surface area contributed by atoms with Gasteiger partial charge in [-0.1, -0.05) is 0 Å². The molecular weight excluding hydrogens is 756 g/mol. The Kier molecular flexibility index (Phi) is 11.3. The van der Waals surface area contributed by atoms with Gasteiger partial charge in [0.15, 0.2) is 17.5 Å². The molecule has 0 unspecified atom stereocenters. The molecule has 0 saturated heterocycles. The summed E-state index contributed by atoms with van der Waals surface area (Å²) >= 11 is 0. The van der Waals surface area contributed by atoms with Gasteiger partial charge in [0.25, 0.3) is 11.8 Å². The van der Waals surface area contributed by atoms with E-state index in [4.69, 9.17) is 0 Å². The van der Waals surface area contributed by atoms with Gasteiger partial charge in [0.2, 0.25) is 35.3 Å². The summed E-state index contributed by atoms with van der Waals surface area (Å²) in [5, 5.41) is 25.4. The predicted molar refractivity (Wildman–Crippen MR) is 208 cm³/mol. The van der Waals surface area contributed by atoms with Crippen LogP contribution in [0, 0.1) is 5.41 Å². The molecular formula is C36H42N14O8. The standard InChI is InChI=1S/C36H42N14O8/c1-46-11-10-37-30(46)33(55)38-20-12-24(47(2)16-20)44-27(52)7-6-26(51)40-22-18-49(4)31(42-22)34(56)39-21-13-25(48(3)17-21)45-29(54)15-36(8-9-36)14-28(53)41-23-19-50(5)32(43-23)35(57)58/h10-13,16-19H,6-9,14-15H2,1-5H3,(H,38,55)(H,39,56)(H,40,51)(H,41,53)(H,44,52)(H,45,54)(H,57,58). The highest BCUT2D eigenvalue weighted by Gasteiger charge is 2.46. The summed E-state index contributed by atoms with van der Waals surface area (Å²) in [5.41, 5.74) is 0.271. The van der Waals surface area contributed by atoms with Gasteiger partial charge in [0.1, 0.15) is 11.6 Å². The van der Waals surface area contributed by atoms with E-state index >= 15 is 0 Å². The van der Waals surface area contributed by atoms with E-state index in [-0.39, 0.29) is 66.6 Å². The van der Waals surface area contributed by atoms with Crippen LogP contribution < -0.4 is 31.9 Å². The van der Waals surface area contributed by atoms with Gasteiger partial charge in [0, 0.05) is 110 Å². The molecule has 22 nitrogen and oxygen atoms in total. The first-order valence-corrected chi connectivity index (χ1v) is 17.9. The number of carbonyl (C=O) groups is 7. The number of anilines is 6. The predicted octanol–water partition coefficient (Wildman–Crippen LogP) is 2.26. The molecule has 5 heterocycles. The summed E-state index contributed by atoms with van der Waals surface area (Å²) in [4.78, 5) is 100. The minimum atomic E-state index is -1.22. The molecule has 58 heavy (non-hydrogen) atoms. The van der Waals surface area contributed by atoms with Crippen molar-refractivity contribution in [3.63, 3.8) is 0 Å². The molecule has 22 heteroatoms. The van der Waals surface area contributed by atoms with E-state index in [9.17, 15) is 38.7 Å². The molecule has 0 atom stereocenters. The van der Waals surface area contributed by atoms with Crippen LogP contribution in [0.3, 0.4) is 0 Å². The summed E-state index contributed by atoms with van der Waals surface area (Å²) < 4.78 is 7.51. The number of aryl methyl sites for hydroxylation is 5. The lowest BCUT2D eigenvalue weighted by Crippen LogP contribution is -2.23. The molecule has 1 fully saturated rings. The average molecular weight is 799 g/mol. The van der Waals surface area contributed by atoms with Crippen molar-refractivity contribution in [2.75, 3.05) is 31.9 Å². The van der Waals surface area contributed by atoms with E-state index in [0.717, 1.165) is 0 Å². The topological polar surface area (TPSA) is 275 Å². The monoisotopic (exact) mass is 798 g/mol. The van der Waals surface area contributed by atoms with Crippen molar-refractivity contribution in [2.24, 2.45) is 40.7 Å². The largest absolute Gasteiger partial charge is 0.475 e. The maximum Gasteiger partial charge on any atom is 0.372 e. The van der Waals surface area contributed by atoms with Crippen LogP contribution >= 0.6 is 0 Å². The van der Waals surface area contributed by atoms with Crippen LogP contribution in [0.15, 0.2) is 49.3 Å². The van der Waals surface area contributed by atoms with Gasteiger partial charge < -0.3 is 59.8 Å². The summed E-state index contributed by atoms with van der Waals surface area (Å²) in [5.74, 6) is -2.88. The molecule has 0 spiro atoms. The second-order valence-electron chi connectivity index (χ2n) is 14.2. The molecule has 304 valence electrons. The first kappa shape index (κ1) is 40.2. The summed E-state index contributed by atoms with van der Waals surface area (Å²) in [6, 6.07) is 3.14. The quantitative estimate of drug-likeness (QED) is 0.0761. The summed E-state index contributed by atoms with van der Waals surface area (Å²) in [6.45, 7) is 0. The molecule has 6 amide bonds. The Morgan fingerprint density at radius 2 is 1.05 bits per heavy atom. The number of hydrogen-bond donors (Lipinski definition) is 7. The fourth-order valence-electron chi connectivity index (χ4n) is 6.22. The summed E-state index contributed by atoms with van der Waals surface area (Å²) in [7, 11) is 8.14. The SMILES string of the molecule is Cn1cc(NC(=O)c2nccn2C)cc1NC(=O)CCC(=O)Nc1cn(C)c(C(=O)Nc2cc(NC(=O)CC3(CC(=O)Nc4cn(C)c(C(=O)O)n4)CC3)n(C)c2)n1. The molecule has 5 aromatic heterocycles. The molecule has 1 aliphatic rings. The highest BCUT2D eigenvalue weighted by Crippen LogP contribution is 2.52. The van der Waals surface area contributed by atoms with E-state index in [1.54, 1.807) is 72.6 Å². The number of nitrogens with zero attached hydrogens (tertiary/aromatic N) is 8. The van der Waals surface area contributed by atoms with Crippen molar-refractivity contribution in [3.8, 4) is 0 Å². The Morgan fingerprint density at radius 3 is 1.55 bits per heavy atom. The molecule has 5 aromatic rings. The molecule has 6 rings (SSSR count). The minimum Gasteiger partial charge on any atom is -0.475 e. The number of rotatable bonds is 16. The van der Waals surface area contributed by atoms with Gasteiger partial charge in [-0.3, -0.25) is 28.8 Å².